The van der Waals surface area contributed by atoms with Crippen LogP contribution in [0.2, 0.25) is 0 Å². The molecule has 1 saturated heterocycles. The van der Waals surface area contributed by atoms with Gasteiger partial charge in [-0.2, -0.15) is 9.81 Å². The van der Waals surface area contributed by atoms with Crippen molar-refractivity contribution in [2.75, 3.05) is 6.61 Å². The molecule has 1 fully saturated rings. The zero-order chi connectivity index (χ0) is 18.8. The fourth-order valence-electron chi connectivity index (χ4n) is 2.70. The molecule has 138 valence electrons. The third kappa shape index (κ3) is 3.14. The number of fused-ring (bicyclic) bond motifs is 1. The summed E-state index contributed by atoms with van der Waals surface area (Å²) in [5, 5.41) is 35.0. The molecular formula is C15H14N2O9. The van der Waals surface area contributed by atoms with E-state index in [4.69, 9.17) is 13.9 Å². The molecule has 1 aromatic heterocycles. The van der Waals surface area contributed by atoms with Gasteiger partial charge in [-0.1, -0.05) is 10.4 Å². The summed E-state index contributed by atoms with van der Waals surface area (Å²) >= 11 is 0. The molecule has 1 aliphatic rings. The quantitative estimate of drug-likeness (QED) is 0.495. The van der Waals surface area contributed by atoms with Gasteiger partial charge in [-0.05, 0) is 12.1 Å². The Kier molecular flexibility index (Phi) is 4.93. The maximum atomic E-state index is 11.2. The second-order valence-electron chi connectivity index (χ2n) is 5.64. The Morgan fingerprint density at radius 3 is 2.54 bits per heavy atom. The molecule has 0 amide bonds. The largest absolute Gasteiger partial charge is 0.504 e. The molecule has 0 aliphatic carbocycles. The smallest absolute Gasteiger partial charge is 0.336 e. The lowest BCUT2D eigenvalue weighted by Crippen LogP contribution is -2.58. The van der Waals surface area contributed by atoms with E-state index in [1.165, 1.54) is 18.2 Å². The minimum Gasteiger partial charge on any atom is -0.504 e. The Bertz CT molecular complexity index is 883. The van der Waals surface area contributed by atoms with Gasteiger partial charge in [0.2, 0.25) is 6.29 Å². The number of aliphatic hydroxyl groups excluding tert-OH is 2. The summed E-state index contributed by atoms with van der Waals surface area (Å²) in [7, 11) is 0. The normalized spacial score (nSPS) is 28.6. The van der Waals surface area contributed by atoms with E-state index in [-0.39, 0.29) is 11.3 Å². The highest BCUT2D eigenvalue weighted by atomic mass is 16.7. The van der Waals surface area contributed by atoms with Crippen molar-refractivity contribution in [2.24, 2.45) is 10.4 Å². The molecule has 0 saturated carbocycles. The highest BCUT2D eigenvalue weighted by molar-refractivity contribution is 5.80. The first-order valence-corrected chi connectivity index (χ1v) is 7.51. The zero-order valence-electron chi connectivity index (χ0n) is 13.1. The molecule has 3 N–H and O–H groups in total. The summed E-state index contributed by atoms with van der Waals surface area (Å²) in [4.78, 5) is 33.3. The van der Waals surface area contributed by atoms with Gasteiger partial charge in [0.15, 0.2) is 23.6 Å². The average molecular weight is 366 g/mol. The standard InChI is InChI=1S/C15H14N2O9/c18-5-10-14(21)12(16-22)13(17-23)15(26-10)25-9-3-6-1-2-11(20)24-8(6)4-7(9)19/h1-4,10,12-15,18-19,21H,5H2. The van der Waals surface area contributed by atoms with Gasteiger partial charge in [0, 0.05) is 17.5 Å². The molecule has 2 heterocycles. The van der Waals surface area contributed by atoms with Crippen molar-refractivity contribution in [3.05, 3.63) is 44.5 Å². The van der Waals surface area contributed by atoms with E-state index < -0.39 is 48.6 Å². The number of nitroso groups, excluding NO2 is 2. The van der Waals surface area contributed by atoms with E-state index in [1.54, 1.807) is 0 Å². The second kappa shape index (κ2) is 7.15. The van der Waals surface area contributed by atoms with Gasteiger partial charge in [0.05, 0.1) is 6.61 Å². The molecule has 2 aromatic rings. The molecule has 3 rings (SSSR count). The molecule has 11 nitrogen and oxygen atoms in total. The summed E-state index contributed by atoms with van der Waals surface area (Å²) in [5.74, 6) is -0.579. The van der Waals surface area contributed by atoms with Gasteiger partial charge >= 0.3 is 5.63 Å². The van der Waals surface area contributed by atoms with Crippen molar-refractivity contribution in [3.63, 3.8) is 0 Å². The lowest BCUT2D eigenvalue weighted by atomic mass is 9.95. The van der Waals surface area contributed by atoms with Gasteiger partial charge in [-0.15, -0.1) is 0 Å². The third-order valence-electron chi connectivity index (χ3n) is 4.04. The predicted octanol–water partition coefficient (Wildman–Crippen LogP) is 0.225. The fourth-order valence-corrected chi connectivity index (χ4v) is 2.70. The van der Waals surface area contributed by atoms with Crippen LogP contribution in [0.3, 0.4) is 0 Å². The van der Waals surface area contributed by atoms with Crippen molar-refractivity contribution in [1.82, 2.24) is 0 Å². The minimum atomic E-state index is -1.54. The molecule has 0 spiro atoms. The number of hydrogen-bond acceptors (Lipinski definition) is 11. The van der Waals surface area contributed by atoms with Crippen LogP contribution in [0.5, 0.6) is 11.5 Å². The number of aliphatic hydroxyl groups is 2. The molecule has 1 aromatic carbocycles. The Labute approximate surface area is 144 Å². The van der Waals surface area contributed by atoms with Gasteiger partial charge in [0.25, 0.3) is 0 Å². The van der Waals surface area contributed by atoms with Gasteiger partial charge in [0.1, 0.15) is 17.8 Å². The van der Waals surface area contributed by atoms with Crippen molar-refractivity contribution in [3.8, 4) is 11.5 Å². The first kappa shape index (κ1) is 17.9. The Hall–Kier alpha value is -2.89. The van der Waals surface area contributed by atoms with E-state index in [2.05, 4.69) is 10.4 Å². The van der Waals surface area contributed by atoms with Crippen molar-refractivity contribution >= 4 is 11.0 Å². The number of benzene rings is 1. The molecule has 0 bridgehead atoms. The average Bonchev–Trinajstić information content (AvgIpc) is 2.63. The van der Waals surface area contributed by atoms with E-state index in [9.17, 15) is 29.9 Å². The Morgan fingerprint density at radius 2 is 1.88 bits per heavy atom. The first-order chi connectivity index (χ1) is 12.5. The topological polar surface area (TPSA) is 168 Å². The predicted molar refractivity (Wildman–Crippen MR) is 85.7 cm³/mol. The summed E-state index contributed by atoms with van der Waals surface area (Å²) in [5.41, 5.74) is -0.501. The molecule has 26 heavy (non-hydrogen) atoms. The fraction of sp³-hybridized carbons (Fsp3) is 0.400. The molecule has 0 radical (unpaired) electrons. The van der Waals surface area contributed by atoms with Gasteiger partial charge in [-0.25, -0.2) is 4.79 Å². The first-order valence-electron chi connectivity index (χ1n) is 7.51. The van der Waals surface area contributed by atoms with Crippen LogP contribution >= 0.6 is 0 Å². The van der Waals surface area contributed by atoms with E-state index >= 15 is 0 Å². The van der Waals surface area contributed by atoms with E-state index in [1.807, 2.05) is 0 Å². The van der Waals surface area contributed by atoms with Crippen LogP contribution in [0.15, 0.2) is 43.8 Å². The van der Waals surface area contributed by atoms with Crippen LogP contribution < -0.4 is 10.4 Å². The number of phenolic OH excluding ortho intramolecular Hbond substituents is 1. The number of ether oxygens (including phenoxy) is 2. The van der Waals surface area contributed by atoms with Crippen LogP contribution in [0, 0.1) is 9.81 Å². The number of rotatable bonds is 5. The highest BCUT2D eigenvalue weighted by Crippen LogP contribution is 2.34. The SMILES string of the molecule is O=NC1C(Oc2cc3ccc(=O)oc3cc2O)OC(CO)C(O)C1N=O. The maximum Gasteiger partial charge on any atom is 0.336 e. The van der Waals surface area contributed by atoms with Crippen LogP contribution in [-0.2, 0) is 4.74 Å². The Balaban J connectivity index is 1.95. The number of nitrogens with zero attached hydrogens (tertiary/aromatic N) is 2. The van der Waals surface area contributed by atoms with Crippen molar-refractivity contribution in [1.29, 1.82) is 0 Å². The van der Waals surface area contributed by atoms with Crippen LogP contribution in [-0.4, -0.2) is 52.5 Å². The lowest BCUT2D eigenvalue weighted by Gasteiger charge is -2.38. The van der Waals surface area contributed by atoms with Gasteiger partial charge < -0.3 is 29.2 Å². The number of phenols is 1. The zero-order valence-corrected chi connectivity index (χ0v) is 13.1. The molecule has 1 aliphatic heterocycles. The minimum absolute atomic E-state index is 0.105. The van der Waals surface area contributed by atoms with E-state index in [0.29, 0.717) is 5.39 Å². The van der Waals surface area contributed by atoms with Crippen LogP contribution in [0.1, 0.15) is 0 Å². The van der Waals surface area contributed by atoms with E-state index in [0.717, 1.165) is 6.07 Å². The summed E-state index contributed by atoms with van der Waals surface area (Å²) in [6.45, 7) is -0.659. The maximum absolute atomic E-state index is 11.2. The summed E-state index contributed by atoms with van der Waals surface area (Å²) in [6, 6.07) is 2.05. The van der Waals surface area contributed by atoms with Crippen molar-refractivity contribution < 1.29 is 29.2 Å². The molecule has 11 heteroatoms. The third-order valence-corrected chi connectivity index (χ3v) is 4.04. The second-order valence-corrected chi connectivity index (χ2v) is 5.64. The lowest BCUT2D eigenvalue weighted by molar-refractivity contribution is -0.210. The van der Waals surface area contributed by atoms with Crippen LogP contribution in [0.25, 0.3) is 11.0 Å². The number of aromatic hydroxyl groups is 1. The monoisotopic (exact) mass is 366 g/mol. The summed E-state index contributed by atoms with van der Waals surface area (Å²) < 4.78 is 15.6. The van der Waals surface area contributed by atoms with Crippen LogP contribution in [0.4, 0.5) is 0 Å². The highest BCUT2D eigenvalue weighted by Gasteiger charge is 2.49. The molecule has 5 atom stereocenters. The van der Waals surface area contributed by atoms with Crippen molar-refractivity contribution in [2.45, 2.75) is 30.6 Å². The molecule has 5 unspecified atom stereocenters. The summed E-state index contributed by atoms with van der Waals surface area (Å²) in [6.07, 6.45) is -4.27. The molecular weight excluding hydrogens is 352 g/mol. The van der Waals surface area contributed by atoms with Gasteiger partial charge in [-0.3, -0.25) is 0 Å². The number of hydrogen-bond donors (Lipinski definition) is 3. The Morgan fingerprint density at radius 1 is 1.15 bits per heavy atom.